The van der Waals surface area contributed by atoms with Gasteiger partial charge >= 0.3 is 6.18 Å². The quantitative estimate of drug-likeness (QED) is 0.528. The zero-order valence-electron chi connectivity index (χ0n) is 16.2. The molecule has 1 aliphatic rings. The highest BCUT2D eigenvalue weighted by Gasteiger charge is 2.49. The van der Waals surface area contributed by atoms with Crippen molar-refractivity contribution in [1.82, 2.24) is 15.0 Å². The first-order chi connectivity index (χ1) is 14.8. The fourth-order valence-electron chi connectivity index (χ4n) is 2.83. The zero-order chi connectivity index (χ0) is 23.7. The van der Waals surface area contributed by atoms with Crippen LogP contribution in [-0.2, 0) is 27.5 Å². The second kappa shape index (κ2) is 8.90. The summed E-state index contributed by atoms with van der Waals surface area (Å²) in [5.41, 5.74) is -0.547. The fraction of sp³-hybridized carbons (Fsp3) is 0.222. The predicted molar refractivity (Wildman–Crippen MR) is 115 cm³/mol. The van der Waals surface area contributed by atoms with Gasteiger partial charge in [-0.1, -0.05) is 23.9 Å². The molecule has 2 heterocycles. The highest BCUT2D eigenvalue weighted by Crippen LogP contribution is 2.44. The Labute approximate surface area is 193 Å². The van der Waals surface area contributed by atoms with Crippen LogP contribution in [0.1, 0.15) is 11.3 Å². The summed E-state index contributed by atoms with van der Waals surface area (Å²) in [4.78, 5) is 16.1. The van der Waals surface area contributed by atoms with Crippen molar-refractivity contribution in [2.45, 2.75) is 17.7 Å². The van der Waals surface area contributed by atoms with Gasteiger partial charge in [0.05, 0.1) is 22.0 Å². The van der Waals surface area contributed by atoms with Crippen LogP contribution in [0.2, 0.25) is 0 Å². The second-order valence-electron chi connectivity index (χ2n) is 6.65. The summed E-state index contributed by atoms with van der Waals surface area (Å²) in [6.45, 7) is -0.0986. The molecule has 0 aliphatic carbocycles. The van der Waals surface area contributed by atoms with E-state index >= 15 is 0 Å². The normalized spacial score (nSPS) is 18.6. The summed E-state index contributed by atoms with van der Waals surface area (Å²) >= 11 is 4.12. The van der Waals surface area contributed by atoms with Gasteiger partial charge in [-0.2, -0.15) is 13.2 Å². The molecule has 0 saturated heterocycles. The molecule has 7 nitrogen and oxygen atoms in total. The number of carbonyl (C=O) groups is 1. The van der Waals surface area contributed by atoms with Gasteiger partial charge < -0.3 is 10.2 Å². The maximum absolute atomic E-state index is 13.4. The van der Waals surface area contributed by atoms with Gasteiger partial charge in [0.1, 0.15) is 11.5 Å². The van der Waals surface area contributed by atoms with Crippen molar-refractivity contribution in [1.29, 1.82) is 0 Å². The van der Waals surface area contributed by atoms with Crippen LogP contribution < -0.4 is 14.9 Å². The Morgan fingerprint density at radius 3 is 2.38 bits per heavy atom. The first kappa shape index (κ1) is 24.3. The van der Waals surface area contributed by atoms with Gasteiger partial charge in [-0.05, 0) is 45.8 Å². The number of carbonyl (C=O) groups excluding carboxylic acids is 1. The van der Waals surface area contributed by atoms with Crippen LogP contribution in [0.25, 0.3) is 0 Å². The summed E-state index contributed by atoms with van der Waals surface area (Å²) < 4.78 is 78.1. The Balaban J connectivity index is 2.10. The Morgan fingerprint density at radius 2 is 1.91 bits per heavy atom. The molecule has 1 aromatic heterocycles. The molecule has 0 bridgehead atoms. The van der Waals surface area contributed by atoms with Crippen molar-refractivity contribution >= 4 is 49.3 Å². The van der Waals surface area contributed by atoms with E-state index in [1.165, 1.54) is 35.4 Å². The van der Waals surface area contributed by atoms with E-state index in [1.54, 1.807) is 0 Å². The van der Waals surface area contributed by atoms with Crippen LogP contribution in [0.5, 0.6) is 0 Å². The topological polar surface area (TPSA) is 91.4 Å². The molecular formula is C18H15BrF4N4O3S2. The van der Waals surface area contributed by atoms with E-state index in [-0.39, 0.29) is 12.2 Å². The molecule has 0 spiro atoms. The minimum absolute atomic E-state index is 0.0848. The van der Waals surface area contributed by atoms with Gasteiger partial charge in [0.25, 0.3) is 5.91 Å². The molecule has 0 saturated carbocycles. The van der Waals surface area contributed by atoms with Crippen molar-refractivity contribution in [3.63, 3.8) is 0 Å². The van der Waals surface area contributed by atoms with Crippen LogP contribution in [0.3, 0.4) is 0 Å². The molecule has 1 aliphatic heterocycles. The Morgan fingerprint density at radius 1 is 1.25 bits per heavy atom. The van der Waals surface area contributed by atoms with E-state index in [0.717, 1.165) is 36.3 Å². The summed E-state index contributed by atoms with van der Waals surface area (Å²) in [6.07, 6.45) is -1.54. The molecule has 32 heavy (non-hydrogen) atoms. The number of anilines is 1. The van der Waals surface area contributed by atoms with Crippen LogP contribution >= 0.6 is 27.7 Å². The number of hydrogen-bond donors (Lipinski definition) is 2. The average molecular weight is 555 g/mol. The number of halogens is 5. The Bertz CT molecular complexity index is 1140. The van der Waals surface area contributed by atoms with Crippen LogP contribution in [0, 0.1) is 5.82 Å². The number of alkyl halides is 3. The van der Waals surface area contributed by atoms with Crippen LogP contribution in [-0.4, -0.2) is 30.6 Å². The number of pyridine rings is 1. The molecule has 0 fully saturated rings. The van der Waals surface area contributed by atoms with Crippen molar-refractivity contribution < 1.29 is 30.8 Å². The smallest absolute Gasteiger partial charge is 0.351 e. The molecule has 1 amide bonds. The zero-order valence-corrected chi connectivity index (χ0v) is 19.4. The van der Waals surface area contributed by atoms with Crippen molar-refractivity contribution in [2.75, 3.05) is 11.2 Å². The van der Waals surface area contributed by atoms with Gasteiger partial charge in [0.2, 0.25) is 15.0 Å². The largest absolute Gasteiger partial charge is 0.433 e. The van der Waals surface area contributed by atoms with Crippen LogP contribution in [0.4, 0.5) is 23.2 Å². The fourth-order valence-corrected chi connectivity index (χ4v) is 5.14. The number of nitrogens with zero attached hydrogens (tertiary/aromatic N) is 2. The van der Waals surface area contributed by atoms with Gasteiger partial charge in [0, 0.05) is 12.7 Å². The third kappa shape index (κ3) is 5.53. The SMILES string of the molecule is CS(=O)(=O)NC(=O)C1(N(Cc2ccc(F)cc2)c2ccc(C(F)(F)F)nc2)NC=C(Br)S1. The minimum Gasteiger partial charge on any atom is -0.351 e. The lowest BCUT2D eigenvalue weighted by Crippen LogP contribution is -2.63. The second-order valence-corrected chi connectivity index (χ2v) is 11.0. The molecule has 14 heteroatoms. The summed E-state index contributed by atoms with van der Waals surface area (Å²) in [5, 5.41) is 2.80. The molecule has 1 aromatic carbocycles. The number of benzene rings is 1. The summed E-state index contributed by atoms with van der Waals surface area (Å²) in [5.74, 6) is -1.49. The minimum atomic E-state index is -4.67. The number of hydrogen-bond acceptors (Lipinski definition) is 7. The number of sulfonamides is 1. The lowest BCUT2D eigenvalue weighted by molar-refractivity contribution is -0.141. The third-order valence-corrected chi connectivity index (χ3v) is 6.60. The molecule has 0 radical (unpaired) electrons. The third-order valence-electron chi connectivity index (χ3n) is 4.20. The van der Waals surface area contributed by atoms with Gasteiger partial charge in [-0.3, -0.25) is 4.79 Å². The van der Waals surface area contributed by atoms with Crippen molar-refractivity contribution in [3.05, 3.63) is 69.7 Å². The molecule has 2 N–H and O–H groups in total. The van der Waals surface area contributed by atoms with Crippen molar-refractivity contribution in [2.24, 2.45) is 0 Å². The first-order valence-electron chi connectivity index (χ1n) is 8.70. The number of rotatable bonds is 6. The number of amides is 1. The summed E-state index contributed by atoms with van der Waals surface area (Å²) in [7, 11) is -3.97. The molecule has 2 aromatic rings. The molecular weight excluding hydrogens is 540 g/mol. The first-order valence-corrected chi connectivity index (χ1v) is 12.2. The number of aromatic nitrogens is 1. The average Bonchev–Trinajstić information content (AvgIpc) is 3.08. The Hall–Kier alpha value is -2.32. The van der Waals surface area contributed by atoms with Crippen LogP contribution in [0.15, 0.2) is 52.6 Å². The molecule has 1 atom stereocenters. The molecule has 1 unspecified atom stereocenters. The number of nitrogens with one attached hydrogen (secondary N) is 2. The lowest BCUT2D eigenvalue weighted by atomic mass is 10.1. The molecule has 172 valence electrons. The molecule has 3 rings (SSSR count). The van der Waals surface area contributed by atoms with Gasteiger partial charge in [-0.25, -0.2) is 22.5 Å². The van der Waals surface area contributed by atoms with E-state index in [1.807, 2.05) is 4.72 Å². The van der Waals surface area contributed by atoms with E-state index in [0.29, 0.717) is 9.38 Å². The standard InChI is InChI=1S/C18H15BrF4N4O3S2/c1-32(29,30)26-16(28)18(25-9-15(19)31-18)27(10-11-2-4-12(20)5-3-11)13-6-7-14(24-8-13)17(21,22)23/h2-9,25H,10H2,1H3,(H,26,28). The van der Waals surface area contributed by atoms with Crippen molar-refractivity contribution in [3.8, 4) is 0 Å². The van der Waals surface area contributed by atoms with E-state index in [9.17, 15) is 30.8 Å². The van der Waals surface area contributed by atoms with E-state index < -0.39 is 38.6 Å². The summed E-state index contributed by atoms with van der Waals surface area (Å²) in [6, 6.07) is 7.10. The maximum atomic E-state index is 13.4. The maximum Gasteiger partial charge on any atom is 0.433 e. The van der Waals surface area contributed by atoms with Gasteiger partial charge in [0.15, 0.2) is 0 Å². The number of thioether (sulfide) groups is 1. The van der Waals surface area contributed by atoms with E-state index in [4.69, 9.17) is 0 Å². The van der Waals surface area contributed by atoms with Gasteiger partial charge in [-0.15, -0.1) is 0 Å². The highest BCUT2D eigenvalue weighted by molar-refractivity contribution is 9.14. The lowest BCUT2D eigenvalue weighted by Gasteiger charge is -2.40. The highest BCUT2D eigenvalue weighted by atomic mass is 79.9. The van der Waals surface area contributed by atoms with E-state index in [2.05, 4.69) is 26.2 Å². The Kier molecular flexibility index (Phi) is 6.77. The predicted octanol–water partition coefficient (Wildman–Crippen LogP) is 3.51. The monoisotopic (exact) mass is 554 g/mol.